The molecule has 130 valence electrons. The molecule has 0 aliphatic rings. The van der Waals surface area contributed by atoms with Gasteiger partial charge in [0, 0.05) is 17.5 Å². The zero-order valence-corrected chi connectivity index (χ0v) is 14.2. The Kier molecular flexibility index (Phi) is 3.92. The van der Waals surface area contributed by atoms with Crippen molar-refractivity contribution in [1.82, 2.24) is 14.5 Å². The molecule has 0 saturated carbocycles. The molecule has 0 amide bonds. The molecular formula is C19H11ClF3N3. The van der Waals surface area contributed by atoms with Gasteiger partial charge < -0.3 is 0 Å². The third-order valence-electron chi connectivity index (χ3n) is 4.06. The molecule has 4 rings (SSSR count). The molecule has 0 radical (unpaired) electrons. The number of para-hydroxylation sites is 1. The second-order valence-corrected chi connectivity index (χ2v) is 6.10. The van der Waals surface area contributed by atoms with Crippen LogP contribution in [-0.2, 0) is 0 Å². The fourth-order valence-electron chi connectivity index (χ4n) is 2.95. The molecule has 0 aliphatic heterocycles. The van der Waals surface area contributed by atoms with Crippen LogP contribution in [0.5, 0.6) is 0 Å². The van der Waals surface area contributed by atoms with E-state index in [4.69, 9.17) is 11.6 Å². The number of hydrogen-bond donors (Lipinski definition) is 0. The molecule has 0 saturated heterocycles. The van der Waals surface area contributed by atoms with Crippen molar-refractivity contribution in [2.45, 2.75) is 6.92 Å². The highest BCUT2D eigenvalue weighted by Gasteiger charge is 2.23. The quantitative estimate of drug-likeness (QED) is 0.466. The second-order valence-electron chi connectivity index (χ2n) is 5.76. The fourth-order valence-corrected chi connectivity index (χ4v) is 3.24. The Morgan fingerprint density at radius 3 is 2.35 bits per heavy atom. The number of fused-ring (bicyclic) bond motifs is 1. The molecule has 0 aliphatic carbocycles. The predicted molar refractivity (Wildman–Crippen MR) is 93.9 cm³/mol. The van der Waals surface area contributed by atoms with E-state index >= 15 is 0 Å². The van der Waals surface area contributed by atoms with Crippen LogP contribution in [0.2, 0.25) is 5.28 Å². The van der Waals surface area contributed by atoms with Crippen LogP contribution in [-0.4, -0.2) is 14.5 Å². The van der Waals surface area contributed by atoms with E-state index in [1.54, 1.807) is 13.0 Å². The summed E-state index contributed by atoms with van der Waals surface area (Å²) < 4.78 is 43.0. The number of nitrogens with zero attached hydrogens (tertiary/aromatic N) is 3. The van der Waals surface area contributed by atoms with Crippen LogP contribution in [0.25, 0.3) is 28.0 Å². The van der Waals surface area contributed by atoms with Crippen molar-refractivity contribution in [3.05, 3.63) is 77.0 Å². The number of aromatic nitrogens is 3. The van der Waals surface area contributed by atoms with Crippen LogP contribution >= 0.6 is 11.6 Å². The topological polar surface area (TPSA) is 30.7 Å². The van der Waals surface area contributed by atoms with Crippen molar-refractivity contribution >= 4 is 22.5 Å². The summed E-state index contributed by atoms with van der Waals surface area (Å²) in [6.07, 6.45) is 0. The Bertz CT molecular complexity index is 1130. The van der Waals surface area contributed by atoms with Crippen molar-refractivity contribution < 1.29 is 13.2 Å². The summed E-state index contributed by atoms with van der Waals surface area (Å²) in [5.41, 5.74) is 1.45. The molecule has 0 N–H and O–H groups in total. The van der Waals surface area contributed by atoms with Crippen molar-refractivity contribution in [2.75, 3.05) is 0 Å². The van der Waals surface area contributed by atoms with Gasteiger partial charge in [0.2, 0.25) is 5.28 Å². The standard InChI is InChI=1S/C19H11ClF3N3/c1-10-17(16-7-6-11-4-2-3-5-15(11)25-16)26(19(20)24-10)18-13(22)8-12(21)9-14(18)23/h2-9H,1H3. The van der Waals surface area contributed by atoms with E-state index in [1.807, 2.05) is 30.3 Å². The molecule has 2 heterocycles. The lowest BCUT2D eigenvalue weighted by Crippen LogP contribution is -2.05. The Morgan fingerprint density at radius 1 is 0.923 bits per heavy atom. The number of halogens is 4. The maximum absolute atomic E-state index is 14.3. The van der Waals surface area contributed by atoms with Gasteiger partial charge in [-0.3, -0.25) is 4.57 Å². The van der Waals surface area contributed by atoms with Crippen LogP contribution in [0.15, 0.2) is 48.5 Å². The van der Waals surface area contributed by atoms with Gasteiger partial charge in [-0.1, -0.05) is 24.3 Å². The van der Waals surface area contributed by atoms with Crippen LogP contribution in [0, 0.1) is 24.4 Å². The number of imidazole rings is 1. The van der Waals surface area contributed by atoms with Crippen molar-refractivity contribution in [2.24, 2.45) is 0 Å². The molecule has 0 spiro atoms. The van der Waals surface area contributed by atoms with Gasteiger partial charge in [0.15, 0.2) is 11.6 Å². The minimum atomic E-state index is -1.08. The molecule has 0 atom stereocenters. The SMILES string of the molecule is Cc1nc(Cl)n(-c2c(F)cc(F)cc2F)c1-c1ccc2ccccc2n1. The van der Waals surface area contributed by atoms with E-state index in [0.717, 1.165) is 9.95 Å². The first-order chi connectivity index (χ1) is 12.5. The number of rotatable bonds is 2. The largest absolute Gasteiger partial charge is 0.276 e. The molecule has 2 aromatic carbocycles. The molecule has 3 nitrogen and oxygen atoms in total. The Morgan fingerprint density at radius 2 is 1.62 bits per heavy atom. The molecule has 26 heavy (non-hydrogen) atoms. The smallest absolute Gasteiger partial charge is 0.208 e. The first kappa shape index (κ1) is 16.6. The minimum absolute atomic E-state index is 0.142. The Labute approximate surface area is 151 Å². The van der Waals surface area contributed by atoms with Crippen LogP contribution in [0.1, 0.15) is 5.69 Å². The van der Waals surface area contributed by atoms with E-state index in [9.17, 15) is 13.2 Å². The van der Waals surface area contributed by atoms with Gasteiger partial charge in [0.25, 0.3) is 0 Å². The fraction of sp³-hybridized carbons (Fsp3) is 0.0526. The lowest BCUT2D eigenvalue weighted by atomic mass is 10.1. The Balaban J connectivity index is 2.01. The van der Waals surface area contributed by atoms with Crippen LogP contribution in [0.3, 0.4) is 0 Å². The molecule has 0 fully saturated rings. The van der Waals surface area contributed by atoms with Crippen molar-refractivity contribution in [3.63, 3.8) is 0 Å². The molecule has 0 unspecified atom stereocenters. The maximum atomic E-state index is 14.3. The van der Waals surface area contributed by atoms with E-state index in [-0.39, 0.29) is 5.28 Å². The highest BCUT2D eigenvalue weighted by molar-refractivity contribution is 6.29. The highest BCUT2D eigenvalue weighted by atomic mass is 35.5. The summed E-state index contributed by atoms with van der Waals surface area (Å²) >= 11 is 6.13. The van der Waals surface area contributed by atoms with Gasteiger partial charge in [0.05, 0.1) is 22.6 Å². The lowest BCUT2D eigenvalue weighted by Gasteiger charge is -2.12. The maximum Gasteiger partial charge on any atom is 0.208 e. The zero-order chi connectivity index (χ0) is 18.4. The average molecular weight is 374 g/mol. The van der Waals surface area contributed by atoms with Gasteiger partial charge in [-0.05, 0) is 30.7 Å². The summed E-state index contributed by atoms with van der Waals surface area (Å²) in [5, 5.41) is 0.780. The Hall–Kier alpha value is -2.86. The van der Waals surface area contributed by atoms with Crippen molar-refractivity contribution in [1.29, 1.82) is 0 Å². The van der Waals surface area contributed by atoms with E-state index < -0.39 is 23.1 Å². The molecular weight excluding hydrogens is 363 g/mol. The average Bonchev–Trinajstić information content (AvgIpc) is 2.88. The van der Waals surface area contributed by atoms with E-state index in [1.165, 1.54) is 0 Å². The molecule has 0 bridgehead atoms. The van der Waals surface area contributed by atoms with Crippen molar-refractivity contribution in [3.8, 4) is 17.1 Å². The number of pyridine rings is 1. The predicted octanol–water partition coefficient (Wildman–Crippen LogP) is 5.47. The van der Waals surface area contributed by atoms with Gasteiger partial charge in [-0.25, -0.2) is 23.1 Å². The van der Waals surface area contributed by atoms with E-state index in [2.05, 4.69) is 9.97 Å². The highest BCUT2D eigenvalue weighted by Crippen LogP contribution is 2.33. The summed E-state index contributed by atoms with van der Waals surface area (Å²) in [4.78, 5) is 8.65. The minimum Gasteiger partial charge on any atom is -0.276 e. The molecule has 7 heteroatoms. The van der Waals surface area contributed by atoms with Gasteiger partial charge in [0.1, 0.15) is 11.5 Å². The monoisotopic (exact) mass is 373 g/mol. The summed E-state index contributed by atoms with van der Waals surface area (Å²) in [5.74, 6) is -3.17. The van der Waals surface area contributed by atoms with E-state index in [0.29, 0.717) is 34.7 Å². The van der Waals surface area contributed by atoms with Crippen LogP contribution < -0.4 is 0 Å². The number of hydrogen-bond acceptors (Lipinski definition) is 2. The first-order valence-electron chi connectivity index (χ1n) is 7.71. The normalized spacial score (nSPS) is 11.3. The lowest BCUT2D eigenvalue weighted by molar-refractivity contribution is 0.534. The van der Waals surface area contributed by atoms with Gasteiger partial charge >= 0.3 is 0 Å². The third-order valence-corrected chi connectivity index (χ3v) is 4.31. The molecule has 4 aromatic rings. The first-order valence-corrected chi connectivity index (χ1v) is 8.09. The van der Waals surface area contributed by atoms with Gasteiger partial charge in [-0.15, -0.1) is 0 Å². The third kappa shape index (κ3) is 2.63. The number of aryl methyl sites for hydroxylation is 1. The summed E-state index contributed by atoms with van der Waals surface area (Å²) in [7, 11) is 0. The van der Waals surface area contributed by atoms with Gasteiger partial charge in [-0.2, -0.15) is 0 Å². The number of benzene rings is 2. The second kappa shape index (κ2) is 6.14. The molecule has 2 aromatic heterocycles. The summed E-state index contributed by atoms with van der Waals surface area (Å²) in [6.45, 7) is 1.66. The van der Waals surface area contributed by atoms with Crippen LogP contribution in [0.4, 0.5) is 13.2 Å². The summed E-state index contributed by atoms with van der Waals surface area (Å²) in [6, 6.07) is 12.2. The zero-order valence-electron chi connectivity index (χ0n) is 13.5.